The number of fused-ring (bicyclic) bond motifs is 2. The second kappa shape index (κ2) is 11.2. The first-order chi connectivity index (χ1) is 15.3. The summed E-state index contributed by atoms with van der Waals surface area (Å²) in [6.07, 6.45) is 2.14. The minimum absolute atomic E-state index is 0.361. The summed E-state index contributed by atoms with van der Waals surface area (Å²) < 4.78 is 0. The van der Waals surface area contributed by atoms with Crippen LogP contribution in [0.2, 0.25) is 10.0 Å². The van der Waals surface area contributed by atoms with Crippen LogP contribution in [0.1, 0.15) is 17.2 Å². The highest BCUT2D eigenvalue weighted by Crippen LogP contribution is 2.47. The van der Waals surface area contributed by atoms with Gasteiger partial charge in [-0.05, 0) is 36.7 Å². The molecule has 170 valence electrons. The van der Waals surface area contributed by atoms with Gasteiger partial charge in [0, 0.05) is 54.2 Å². The molecule has 2 N–H and O–H groups in total. The van der Waals surface area contributed by atoms with E-state index < -0.39 is 11.9 Å². The Bertz CT molecular complexity index is 1010. The number of halogens is 2. The first-order valence-corrected chi connectivity index (χ1v) is 11.6. The Morgan fingerprint density at radius 3 is 2.25 bits per heavy atom. The van der Waals surface area contributed by atoms with E-state index in [-0.39, 0.29) is 0 Å². The lowest BCUT2D eigenvalue weighted by Gasteiger charge is -2.38. The summed E-state index contributed by atoms with van der Waals surface area (Å²) in [4.78, 5) is 26.5. The number of benzene rings is 2. The van der Waals surface area contributed by atoms with E-state index in [9.17, 15) is 9.59 Å². The first kappa shape index (κ1) is 24.6. The van der Waals surface area contributed by atoms with Crippen LogP contribution in [0.5, 0.6) is 0 Å². The van der Waals surface area contributed by atoms with Crippen molar-refractivity contribution in [3.63, 3.8) is 0 Å². The molecule has 0 spiro atoms. The van der Waals surface area contributed by atoms with Gasteiger partial charge in [0.05, 0.1) is 10.0 Å². The number of hydrogen-bond donors (Lipinski definition) is 2. The van der Waals surface area contributed by atoms with E-state index in [0.29, 0.717) is 28.2 Å². The van der Waals surface area contributed by atoms with Crippen molar-refractivity contribution in [1.82, 2.24) is 9.80 Å². The molecule has 0 saturated carbocycles. The number of carboxylic acid groups (broad SMARTS) is 2. The van der Waals surface area contributed by atoms with Crippen LogP contribution in [0.25, 0.3) is 0 Å². The van der Waals surface area contributed by atoms with Gasteiger partial charge in [-0.15, -0.1) is 0 Å². The zero-order chi connectivity index (χ0) is 23.3. The summed E-state index contributed by atoms with van der Waals surface area (Å²) in [5.74, 6) is -2.51. The van der Waals surface area contributed by atoms with E-state index in [1.165, 1.54) is 16.0 Å². The molecule has 2 aromatic rings. The minimum atomic E-state index is -1.26. The predicted molar refractivity (Wildman–Crippen MR) is 127 cm³/mol. The molecule has 2 aliphatic rings. The molecule has 2 aromatic carbocycles. The van der Waals surface area contributed by atoms with Crippen molar-refractivity contribution < 1.29 is 19.8 Å². The van der Waals surface area contributed by atoms with Crippen molar-refractivity contribution in [1.29, 1.82) is 0 Å². The summed E-state index contributed by atoms with van der Waals surface area (Å²) in [6.45, 7) is 4.41. The molecule has 0 bridgehead atoms. The largest absolute Gasteiger partial charge is 0.478 e. The number of nitrogens with zero attached hydrogens (tertiary/aromatic N) is 2. The summed E-state index contributed by atoms with van der Waals surface area (Å²) in [5, 5.41) is 17.0. The van der Waals surface area contributed by atoms with Crippen molar-refractivity contribution in [3.8, 4) is 0 Å². The number of carbonyl (C=O) groups is 2. The Balaban J connectivity index is 0.000000312. The monoisotopic (exact) mass is 494 g/mol. The number of carboxylic acids is 2. The number of rotatable bonds is 3. The van der Waals surface area contributed by atoms with Crippen molar-refractivity contribution in [2.75, 3.05) is 33.2 Å². The van der Waals surface area contributed by atoms with Crippen molar-refractivity contribution in [2.45, 2.75) is 22.3 Å². The Labute approximate surface area is 201 Å². The highest BCUT2D eigenvalue weighted by atomic mass is 35.5. The fraction of sp³-hybridized carbons (Fsp3) is 0.304. The van der Waals surface area contributed by atoms with E-state index in [1.807, 2.05) is 6.07 Å². The van der Waals surface area contributed by atoms with Crippen molar-refractivity contribution >= 4 is 46.9 Å². The maximum absolute atomic E-state index is 9.55. The molecule has 0 amide bonds. The van der Waals surface area contributed by atoms with Crippen molar-refractivity contribution in [2.24, 2.45) is 0 Å². The number of piperazine rings is 1. The third-order valence-electron chi connectivity index (χ3n) is 5.38. The molecule has 32 heavy (non-hydrogen) atoms. The Morgan fingerprint density at radius 1 is 1.00 bits per heavy atom. The van der Waals surface area contributed by atoms with E-state index in [0.717, 1.165) is 37.5 Å². The lowest BCUT2D eigenvalue weighted by Crippen LogP contribution is -2.46. The first-order valence-electron chi connectivity index (χ1n) is 10.1. The van der Waals surface area contributed by atoms with Crippen LogP contribution >= 0.6 is 35.0 Å². The van der Waals surface area contributed by atoms with Gasteiger partial charge in [-0.3, -0.25) is 4.90 Å². The van der Waals surface area contributed by atoms with Crippen LogP contribution in [0.4, 0.5) is 0 Å². The summed E-state index contributed by atoms with van der Waals surface area (Å²) in [5.41, 5.74) is 2.71. The van der Waals surface area contributed by atoms with E-state index in [2.05, 4.69) is 47.2 Å². The quantitative estimate of drug-likeness (QED) is 0.598. The lowest BCUT2D eigenvalue weighted by molar-refractivity contribution is -0.134. The van der Waals surface area contributed by atoms with Gasteiger partial charge in [0.25, 0.3) is 0 Å². The van der Waals surface area contributed by atoms with Gasteiger partial charge in [-0.1, -0.05) is 59.2 Å². The Morgan fingerprint density at radius 2 is 1.62 bits per heavy atom. The standard InChI is InChI=1S/C19H20Cl2N2S.C4H4O4/c1-22-8-10-23(11-9-22)16-12-13-4-2-3-5-17(13)24-19-14(16)6-7-15(20)18(19)21;5-3(6)1-2-4(7)8/h2-7,16H,8-12H2,1H3;1-2H,(H,5,6)(H,7,8)/b;2-1-. The molecule has 6 nitrogen and oxygen atoms in total. The SMILES string of the molecule is CN1CCN(C2Cc3ccccc3Sc3c2ccc(Cl)c3Cl)CC1.O=C(O)/C=C\C(=O)O. The average molecular weight is 495 g/mol. The van der Waals surface area contributed by atoms with E-state index >= 15 is 0 Å². The van der Waals surface area contributed by atoms with Gasteiger partial charge in [0.2, 0.25) is 0 Å². The zero-order valence-electron chi connectivity index (χ0n) is 17.5. The lowest BCUT2D eigenvalue weighted by atomic mass is 9.96. The van der Waals surface area contributed by atoms with Crippen LogP contribution < -0.4 is 0 Å². The topological polar surface area (TPSA) is 81.1 Å². The zero-order valence-corrected chi connectivity index (χ0v) is 19.8. The molecular weight excluding hydrogens is 471 g/mol. The molecule has 4 rings (SSSR count). The predicted octanol–water partition coefficient (Wildman–Crippen LogP) is 4.70. The average Bonchev–Trinajstić information content (AvgIpc) is 2.93. The third-order valence-corrected chi connectivity index (χ3v) is 7.56. The fourth-order valence-corrected chi connectivity index (χ4v) is 5.39. The van der Waals surface area contributed by atoms with Gasteiger partial charge < -0.3 is 15.1 Å². The third kappa shape index (κ3) is 6.27. The van der Waals surface area contributed by atoms with Gasteiger partial charge in [-0.2, -0.15) is 0 Å². The molecule has 0 radical (unpaired) electrons. The molecule has 1 fully saturated rings. The van der Waals surface area contributed by atoms with Crippen LogP contribution in [-0.2, 0) is 16.0 Å². The molecular formula is C23H24Cl2N2O4S. The summed E-state index contributed by atoms with van der Waals surface area (Å²) >= 11 is 14.7. The molecule has 1 saturated heterocycles. The van der Waals surface area contributed by atoms with Crippen molar-refractivity contribution in [3.05, 3.63) is 69.7 Å². The number of likely N-dealkylation sites (N-methyl/N-ethyl adjacent to an activating group) is 1. The molecule has 2 aliphatic heterocycles. The van der Waals surface area contributed by atoms with Gasteiger partial charge in [-0.25, -0.2) is 9.59 Å². The summed E-state index contributed by atoms with van der Waals surface area (Å²) in [7, 11) is 2.19. The molecule has 2 heterocycles. The number of aliphatic carboxylic acids is 2. The number of hydrogen-bond acceptors (Lipinski definition) is 5. The molecule has 9 heteroatoms. The van der Waals surface area contributed by atoms with Crippen LogP contribution in [0.15, 0.2) is 58.3 Å². The highest BCUT2D eigenvalue weighted by molar-refractivity contribution is 7.99. The van der Waals surface area contributed by atoms with Gasteiger partial charge >= 0.3 is 11.9 Å². The molecule has 1 atom stereocenters. The van der Waals surface area contributed by atoms with Crippen LogP contribution in [0, 0.1) is 0 Å². The second-order valence-corrected chi connectivity index (χ2v) is 9.40. The van der Waals surface area contributed by atoms with Gasteiger partial charge in [0.15, 0.2) is 0 Å². The maximum Gasteiger partial charge on any atom is 0.328 e. The highest BCUT2D eigenvalue weighted by Gasteiger charge is 2.30. The van der Waals surface area contributed by atoms with E-state index in [1.54, 1.807) is 11.8 Å². The smallest absolute Gasteiger partial charge is 0.328 e. The maximum atomic E-state index is 9.55. The Kier molecular flexibility index (Phi) is 8.62. The molecule has 0 aromatic heterocycles. The van der Waals surface area contributed by atoms with Crippen LogP contribution in [0.3, 0.4) is 0 Å². The van der Waals surface area contributed by atoms with Crippen LogP contribution in [-0.4, -0.2) is 65.2 Å². The summed E-state index contributed by atoms with van der Waals surface area (Å²) in [6, 6.07) is 13.1. The van der Waals surface area contributed by atoms with Gasteiger partial charge in [0.1, 0.15) is 0 Å². The Hall–Kier alpha value is -2.03. The second-order valence-electron chi connectivity index (χ2n) is 7.56. The molecule has 0 aliphatic carbocycles. The van der Waals surface area contributed by atoms with E-state index in [4.69, 9.17) is 33.4 Å². The normalized spacial score (nSPS) is 18.8. The minimum Gasteiger partial charge on any atom is -0.478 e. The molecule has 1 unspecified atom stereocenters. The fourth-order valence-electron chi connectivity index (χ4n) is 3.72.